The Bertz CT molecular complexity index is 1020. The number of aryl methyl sites for hydroxylation is 3. The number of carbonyl (C=O) groups is 1. The van der Waals surface area contributed by atoms with E-state index < -0.39 is 10.0 Å². The zero-order chi connectivity index (χ0) is 21.3. The van der Waals surface area contributed by atoms with Crippen molar-refractivity contribution in [3.63, 3.8) is 0 Å². The number of sulfonamides is 1. The van der Waals surface area contributed by atoms with Crippen molar-refractivity contribution >= 4 is 44.8 Å². The molecule has 5 nitrogen and oxygen atoms in total. The quantitative estimate of drug-likeness (QED) is 0.709. The molecule has 0 saturated carbocycles. The average Bonchev–Trinajstić information content (AvgIpc) is 2.63. The van der Waals surface area contributed by atoms with Crippen LogP contribution in [0.15, 0.2) is 35.2 Å². The summed E-state index contributed by atoms with van der Waals surface area (Å²) in [7, 11) is -3.59. The molecule has 0 atom stereocenters. The third-order valence-electron chi connectivity index (χ3n) is 5.22. The van der Waals surface area contributed by atoms with Crippen LogP contribution in [0.4, 0.5) is 5.69 Å². The molecule has 1 aliphatic rings. The van der Waals surface area contributed by atoms with E-state index in [4.69, 9.17) is 23.2 Å². The lowest BCUT2D eigenvalue weighted by atomic mass is 9.97. The molecule has 0 bridgehead atoms. The van der Waals surface area contributed by atoms with Gasteiger partial charge in [0.15, 0.2) is 0 Å². The Labute approximate surface area is 182 Å². The monoisotopic (exact) mass is 454 g/mol. The second kappa shape index (κ2) is 8.64. The van der Waals surface area contributed by atoms with Crippen molar-refractivity contribution in [1.29, 1.82) is 0 Å². The SMILES string of the molecule is Cc1cc(C)c(S(=O)(=O)N2CCC(C(=O)Nc3ccc(Cl)cc3Cl)CC2)c(C)c1. The van der Waals surface area contributed by atoms with E-state index in [0.717, 1.165) is 16.7 Å². The van der Waals surface area contributed by atoms with Gasteiger partial charge in [-0.05, 0) is 62.9 Å². The smallest absolute Gasteiger partial charge is 0.243 e. The average molecular weight is 455 g/mol. The van der Waals surface area contributed by atoms with Crippen molar-refractivity contribution in [3.05, 3.63) is 57.1 Å². The lowest BCUT2D eigenvalue weighted by molar-refractivity contribution is -0.120. The fourth-order valence-corrected chi connectivity index (χ4v) is 6.22. The summed E-state index contributed by atoms with van der Waals surface area (Å²) >= 11 is 12.0. The number of nitrogens with one attached hydrogen (secondary N) is 1. The summed E-state index contributed by atoms with van der Waals surface area (Å²) in [4.78, 5) is 13.0. The first-order valence-electron chi connectivity index (χ1n) is 9.43. The molecule has 0 unspecified atom stereocenters. The topological polar surface area (TPSA) is 66.5 Å². The molecule has 1 fully saturated rings. The van der Waals surface area contributed by atoms with Crippen LogP contribution in [0.3, 0.4) is 0 Å². The number of nitrogens with zero attached hydrogens (tertiary/aromatic N) is 1. The second-order valence-electron chi connectivity index (χ2n) is 7.52. The number of benzene rings is 2. The molecular formula is C21H24Cl2N2O3S. The van der Waals surface area contributed by atoms with E-state index in [2.05, 4.69) is 5.32 Å². The van der Waals surface area contributed by atoms with Crippen molar-refractivity contribution in [2.24, 2.45) is 5.92 Å². The van der Waals surface area contributed by atoms with E-state index in [1.54, 1.807) is 18.2 Å². The number of carbonyl (C=O) groups excluding carboxylic acids is 1. The molecule has 3 rings (SSSR count). The number of hydrogen-bond donors (Lipinski definition) is 1. The highest BCUT2D eigenvalue weighted by Crippen LogP contribution is 2.30. The zero-order valence-corrected chi connectivity index (χ0v) is 19.0. The van der Waals surface area contributed by atoms with Crippen LogP contribution in [-0.4, -0.2) is 31.7 Å². The molecule has 2 aromatic rings. The lowest BCUT2D eigenvalue weighted by Gasteiger charge is -2.31. The first-order valence-corrected chi connectivity index (χ1v) is 11.6. The minimum absolute atomic E-state index is 0.158. The van der Waals surface area contributed by atoms with E-state index in [1.165, 1.54) is 4.31 Å². The predicted octanol–water partition coefficient (Wildman–Crippen LogP) is 4.96. The molecule has 8 heteroatoms. The lowest BCUT2D eigenvalue weighted by Crippen LogP contribution is -2.41. The zero-order valence-electron chi connectivity index (χ0n) is 16.6. The summed E-state index contributed by atoms with van der Waals surface area (Å²) < 4.78 is 27.8. The van der Waals surface area contributed by atoms with Gasteiger partial charge in [-0.15, -0.1) is 0 Å². The fourth-order valence-electron chi connectivity index (χ4n) is 3.89. The van der Waals surface area contributed by atoms with Crippen molar-refractivity contribution in [3.8, 4) is 0 Å². The maximum absolute atomic E-state index is 13.2. The van der Waals surface area contributed by atoms with Crippen LogP contribution in [0, 0.1) is 26.7 Å². The highest BCUT2D eigenvalue weighted by molar-refractivity contribution is 7.89. The van der Waals surface area contributed by atoms with Gasteiger partial charge in [-0.25, -0.2) is 8.42 Å². The Morgan fingerprint density at radius 2 is 1.62 bits per heavy atom. The molecule has 0 radical (unpaired) electrons. The third-order valence-corrected chi connectivity index (χ3v) is 7.97. The molecule has 1 N–H and O–H groups in total. The highest BCUT2D eigenvalue weighted by atomic mass is 35.5. The molecule has 1 saturated heterocycles. The molecule has 1 heterocycles. The predicted molar refractivity (Wildman–Crippen MR) is 117 cm³/mol. The Hall–Kier alpha value is -1.60. The van der Waals surface area contributed by atoms with Crippen LogP contribution in [0.5, 0.6) is 0 Å². The Morgan fingerprint density at radius 3 is 2.17 bits per heavy atom. The van der Waals surface area contributed by atoms with Gasteiger partial charge in [0.25, 0.3) is 0 Å². The number of hydrogen-bond acceptors (Lipinski definition) is 3. The largest absolute Gasteiger partial charge is 0.325 e. The molecule has 0 spiro atoms. The standard InChI is InChI=1S/C21H24Cl2N2O3S/c1-13-10-14(2)20(15(3)11-13)29(27,28)25-8-6-16(7-9-25)21(26)24-19-5-4-17(22)12-18(19)23/h4-5,10-12,16H,6-9H2,1-3H3,(H,24,26). The third kappa shape index (κ3) is 4.77. The van der Waals surface area contributed by atoms with Crippen LogP contribution >= 0.6 is 23.2 Å². The van der Waals surface area contributed by atoms with Crippen LogP contribution < -0.4 is 5.32 Å². The van der Waals surface area contributed by atoms with Crippen molar-refractivity contribution in [2.75, 3.05) is 18.4 Å². The number of halogens is 2. The molecule has 1 amide bonds. The minimum Gasteiger partial charge on any atom is -0.325 e. The summed E-state index contributed by atoms with van der Waals surface area (Å²) in [5.41, 5.74) is 3.04. The van der Waals surface area contributed by atoms with Gasteiger partial charge < -0.3 is 5.32 Å². The Balaban J connectivity index is 1.69. The minimum atomic E-state index is -3.59. The number of amides is 1. The van der Waals surface area contributed by atoms with Crippen molar-refractivity contribution in [1.82, 2.24) is 4.31 Å². The van der Waals surface area contributed by atoms with Crippen molar-refractivity contribution < 1.29 is 13.2 Å². The molecule has 29 heavy (non-hydrogen) atoms. The molecule has 0 aromatic heterocycles. The maximum atomic E-state index is 13.2. The van der Waals surface area contributed by atoms with Crippen LogP contribution in [0.25, 0.3) is 0 Å². The van der Waals surface area contributed by atoms with Crippen LogP contribution in [-0.2, 0) is 14.8 Å². The first kappa shape index (κ1) is 22.1. The normalized spacial score (nSPS) is 16.0. The summed E-state index contributed by atoms with van der Waals surface area (Å²) in [5.74, 6) is -0.428. The number of rotatable bonds is 4. The van der Waals surface area contributed by atoms with E-state index in [0.29, 0.717) is 46.6 Å². The molecular weight excluding hydrogens is 431 g/mol. The number of piperidine rings is 1. The van der Waals surface area contributed by atoms with Gasteiger partial charge in [-0.1, -0.05) is 40.9 Å². The van der Waals surface area contributed by atoms with Crippen molar-refractivity contribution in [2.45, 2.75) is 38.5 Å². The highest BCUT2D eigenvalue weighted by Gasteiger charge is 2.33. The van der Waals surface area contributed by atoms with Gasteiger partial charge in [0, 0.05) is 24.0 Å². The first-order chi connectivity index (χ1) is 13.6. The number of anilines is 1. The summed E-state index contributed by atoms with van der Waals surface area (Å²) in [5, 5.41) is 3.68. The van der Waals surface area contributed by atoms with Gasteiger partial charge >= 0.3 is 0 Å². The molecule has 1 aliphatic heterocycles. The Morgan fingerprint density at radius 1 is 1.03 bits per heavy atom. The van der Waals surface area contributed by atoms with Crippen LogP contribution in [0.1, 0.15) is 29.5 Å². The summed E-state index contributed by atoms with van der Waals surface area (Å²) in [6, 6.07) is 8.65. The summed E-state index contributed by atoms with van der Waals surface area (Å²) in [6.07, 6.45) is 0.917. The van der Waals surface area contributed by atoms with Gasteiger partial charge in [0.1, 0.15) is 0 Å². The Kier molecular flexibility index (Phi) is 6.58. The van der Waals surface area contributed by atoms with Gasteiger partial charge in [0.2, 0.25) is 15.9 Å². The van der Waals surface area contributed by atoms with E-state index in [1.807, 2.05) is 32.9 Å². The van der Waals surface area contributed by atoms with Gasteiger partial charge in [-0.3, -0.25) is 4.79 Å². The van der Waals surface area contributed by atoms with E-state index >= 15 is 0 Å². The summed E-state index contributed by atoms with van der Waals surface area (Å²) in [6.45, 7) is 6.21. The van der Waals surface area contributed by atoms with Gasteiger partial charge in [0.05, 0.1) is 15.6 Å². The van der Waals surface area contributed by atoms with E-state index in [9.17, 15) is 13.2 Å². The molecule has 2 aromatic carbocycles. The molecule has 156 valence electrons. The van der Waals surface area contributed by atoms with Crippen LogP contribution in [0.2, 0.25) is 10.0 Å². The fraction of sp³-hybridized carbons (Fsp3) is 0.381. The van der Waals surface area contributed by atoms with E-state index in [-0.39, 0.29) is 11.8 Å². The molecule has 0 aliphatic carbocycles. The maximum Gasteiger partial charge on any atom is 0.243 e. The second-order valence-corrected chi connectivity index (χ2v) is 10.2. The van der Waals surface area contributed by atoms with Gasteiger partial charge in [-0.2, -0.15) is 4.31 Å².